The van der Waals surface area contributed by atoms with E-state index < -0.39 is 10.0 Å². The zero-order valence-electron chi connectivity index (χ0n) is 17.0. The highest BCUT2D eigenvalue weighted by Crippen LogP contribution is 2.27. The van der Waals surface area contributed by atoms with E-state index in [1.807, 2.05) is 25.1 Å². The molecule has 32 heavy (non-hydrogen) atoms. The molecule has 3 heterocycles. The molecule has 0 aliphatic rings. The van der Waals surface area contributed by atoms with Gasteiger partial charge in [0.2, 0.25) is 10.0 Å². The Morgan fingerprint density at radius 3 is 2.75 bits per heavy atom. The second kappa shape index (κ2) is 7.97. The smallest absolute Gasteiger partial charge is 0.252 e. The number of rotatable bonds is 6. The largest absolute Gasteiger partial charge is 0.468 e. The van der Waals surface area contributed by atoms with Crippen LogP contribution in [0.25, 0.3) is 21.9 Å². The molecule has 10 heteroatoms. The number of furan rings is 1. The number of benzene rings is 2. The Morgan fingerprint density at radius 1 is 1.06 bits per heavy atom. The zero-order chi connectivity index (χ0) is 22.3. The fourth-order valence-electron chi connectivity index (χ4n) is 3.60. The minimum absolute atomic E-state index is 0.0331. The van der Waals surface area contributed by atoms with Gasteiger partial charge >= 0.3 is 0 Å². The van der Waals surface area contributed by atoms with Crippen molar-refractivity contribution in [3.63, 3.8) is 0 Å². The lowest BCUT2D eigenvalue weighted by atomic mass is 10.1. The van der Waals surface area contributed by atoms with Crippen LogP contribution in [0, 0.1) is 6.92 Å². The number of pyridine rings is 1. The second-order valence-electron chi connectivity index (χ2n) is 7.45. The molecule has 1 N–H and O–H groups in total. The van der Waals surface area contributed by atoms with Gasteiger partial charge in [0.25, 0.3) is 5.56 Å². The van der Waals surface area contributed by atoms with Crippen LogP contribution in [0.1, 0.15) is 16.9 Å². The van der Waals surface area contributed by atoms with Crippen LogP contribution in [0.15, 0.2) is 75.0 Å². The Balaban J connectivity index is 1.61. The van der Waals surface area contributed by atoms with Crippen LogP contribution in [-0.2, 0) is 23.1 Å². The number of nitrogens with one attached hydrogen (secondary N) is 1. The molecule has 3 aromatic heterocycles. The monoisotopic (exact) mass is 466 g/mol. The molecule has 5 rings (SSSR count). The maximum absolute atomic E-state index is 13.7. The van der Waals surface area contributed by atoms with E-state index in [0.717, 1.165) is 22.7 Å². The van der Waals surface area contributed by atoms with Crippen LogP contribution in [0.4, 0.5) is 0 Å². The summed E-state index contributed by atoms with van der Waals surface area (Å²) in [5.41, 5.74) is 2.54. The molecule has 5 aromatic rings. The molecule has 8 nitrogen and oxygen atoms in total. The normalized spacial score (nSPS) is 12.2. The molecule has 0 spiro atoms. The Labute approximate surface area is 187 Å². The first kappa shape index (κ1) is 20.6. The van der Waals surface area contributed by atoms with Gasteiger partial charge in [0.1, 0.15) is 21.7 Å². The lowest BCUT2D eigenvalue weighted by molar-refractivity contribution is 0.358. The average molecular weight is 467 g/mol. The van der Waals surface area contributed by atoms with Gasteiger partial charge in [0.05, 0.1) is 24.5 Å². The molecule has 0 bridgehead atoms. The van der Waals surface area contributed by atoms with Crippen molar-refractivity contribution >= 4 is 43.7 Å². The van der Waals surface area contributed by atoms with Crippen molar-refractivity contribution in [2.75, 3.05) is 0 Å². The van der Waals surface area contributed by atoms with Gasteiger partial charge in [-0.15, -0.1) is 0 Å². The molecule has 0 saturated carbocycles. The molecule has 0 aliphatic carbocycles. The highest BCUT2D eigenvalue weighted by Gasteiger charge is 2.29. The zero-order valence-corrected chi connectivity index (χ0v) is 18.6. The summed E-state index contributed by atoms with van der Waals surface area (Å²) < 4.78 is 42.3. The first-order chi connectivity index (χ1) is 15.4. The number of H-pyrrole nitrogens is 1. The third kappa shape index (κ3) is 3.72. The third-order valence-corrected chi connectivity index (χ3v) is 7.57. The van der Waals surface area contributed by atoms with E-state index in [1.54, 1.807) is 30.3 Å². The highest BCUT2D eigenvalue weighted by atomic mass is 32.2. The van der Waals surface area contributed by atoms with Crippen molar-refractivity contribution in [3.05, 3.63) is 88.1 Å². The first-order valence-electron chi connectivity index (χ1n) is 9.78. The summed E-state index contributed by atoms with van der Waals surface area (Å²) >= 11 is 0.953. The third-order valence-electron chi connectivity index (χ3n) is 5.20. The topological polar surface area (TPSA) is 109 Å². The Kier molecular flexibility index (Phi) is 5.12. The molecule has 162 valence electrons. The van der Waals surface area contributed by atoms with Gasteiger partial charge < -0.3 is 9.40 Å². The molecule has 0 radical (unpaired) electrons. The summed E-state index contributed by atoms with van der Waals surface area (Å²) in [4.78, 5) is 15.7. The minimum atomic E-state index is -4.02. The van der Waals surface area contributed by atoms with E-state index in [1.165, 1.54) is 16.6 Å². The maximum atomic E-state index is 13.7. The SMILES string of the molecule is Cc1ccc2cc(CN(Cc3ccco3)S(=O)(=O)c3cccc4nsnc34)c(=O)[nH]c2c1. The summed E-state index contributed by atoms with van der Waals surface area (Å²) in [5, 5.41) is 0.825. The molecule has 0 unspecified atom stereocenters. The predicted molar refractivity (Wildman–Crippen MR) is 122 cm³/mol. The van der Waals surface area contributed by atoms with Crippen LogP contribution in [0.2, 0.25) is 0 Å². The number of aromatic nitrogens is 3. The van der Waals surface area contributed by atoms with Crippen molar-refractivity contribution in [1.82, 2.24) is 18.0 Å². The van der Waals surface area contributed by atoms with Gasteiger partial charge in [0, 0.05) is 17.6 Å². The van der Waals surface area contributed by atoms with Gasteiger partial charge in [-0.25, -0.2) is 8.42 Å². The Bertz CT molecular complexity index is 1590. The van der Waals surface area contributed by atoms with Gasteiger partial charge in [-0.3, -0.25) is 4.79 Å². The van der Waals surface area contributed by atoms with Crippen molar-refractivity contribution in [2.24, 2.45) is 0 Å². The van der Waals surface area contributed by atoms with E-state index in [4.69, 9.17) is 4.42 Å². The standard InChI is InChI=1S/C22H18N4O4S2/c1-14-7-8-15-11-16(22(27)23-19(15)10-14)12-26(13-17-4-3-9-30-17)32(28,29)20-6-2-5-18-21(20)25-31-24-18/h2-11H,12-13H2,1H3,(H,23,27). The molecule has 0 saturated heterocycles. The summed E-state index contributed by atoms with van der Waals surface area (Å²) in [6.45, 7) is 1.78. The Hall–Kier alpha value is -3.34. The van der Waals surface area contributed by atoms with Crippen LogP contribution in [0.3, 0.4) is 0 Å². The van der Waals surface area contributed by atoms with Crippen LogP contribution < -0.4 is 5.56 Å². The van der Waals surface area contributed by atoms with Gasteiger partial charge in [-0.1, -0.05) is 18.2 Å². The van der Waals surface area contributed by atoms with Gasteiger partial charge in [-0.2, -0.15) is 13.1 Å². The van der Waals surface area contributed by atoms with Crippen LogP contribution >= 0.6 is 11.7 Å². The lowest BCUT2D eigenvalue weighted by Crippen LogP contribution is -2.32. The van der Waals surface area contributed by atoms with Crippen molar-refractivity contribution in [3.8, 4) is 0 Å². The molecule has 0 aliphatic heterocycles. The lowest BCUT2D eigenvalue weighted by Gasteiger charge is -2.21. The molecule has 0 fully saturated rings. The molecular weight excluding hydrogens is 448 g/mol. The second-order valence-corrected chi connectivity index (χ2v) is 9.89. The average Bonchev–Trinajstić information content (AvgIpc) is 3.45. The maximum Gasteiger partial charge on any atom is 0.252 e. The quantitative estimate of drug-likeness (QED) is 0.407. The summed E-state index contributed by atoms with van der Waals surface area (Å²) in [5.74, 6) is 0.463. The number of nitrogens with zero attached hydrogens (tertiary/aromatic N) is 3. The van der Waals surface area contributed by atoms with E-state index >= 15 is 0 Å². The number of aryl methyl sites for hydroxylation is 1. The van der Waals surface area contributed by atoms with E-state index in [2.05, 4.69) is 13.7 Å². The molecule has 0 amide bonds. The van der Waals surface area contributed by atoms with Crippen LogP contribution in [0.5, 0.6) is 0 Å². The van der Waals surface area contributed by atoms with E-state index in [-0.39, 0.29) is 23.5 Å². The minimum Gasteiger partial charge on any atom is -0.468 e. The van der Waals surface area contributed by atoms with Crippen LogP contribution in [-0.4, -0.2) is 26.5 Å². The number of aromatic amines is 1. The molecule has 0 atom stereocenters. The van der Waals surface area contributed by atoms with E-state index in [9.17, 15) is 13.2 Å². The van der Waals surface area contributed by atoms with Gasteiger partial charge in [0.15, 0.2) is 0 Å². The number of hydrogen-bond donors (Lipinski definition) is 1. The summed E-state index contributed by atoms with van der Waals surface area (Å²) in [6.07, 6.45) is 1.48. The van der Waals surface area contributed by atoms with Crippen molar-refractivity contribution in [2.45, 2.75) is 24.9 Å². The van der Waals surface area contributed by atoms with Gasteiger partial charge in [-0.05, 0) is 54.3 Å². The van der Waals surface area contributed by atoms with E-state index in [0.29, 0.717) is 27.9 Å². The van der Waals surface area contributed by atoms with Crippen molar-refractivity contribution in [1.29, 1.82) is 0 Å². The number of sulfonamides is 1. The fourth-order valence-corrected chi connectivity index (χ4v) is 5.74. The predicted octanol–water partition coefficient (Wildman–Crippen LogP) is 3.83. The Morgan fingerprint density at radius 2 is 1.94 bits per heavy atom. The fraction of sp³-hybridized carbons (Fsp3) is 0.136. The summed E-state index contributed by atoms with van der Waals surface area (Å²) in [7, 11) is -4.02. The molecular formula is C22H18N4O4S2. The highest BCUT2D eigenvalue weighted by molar-refractivity contribution is 7.89. The van der Waals surface area contributed by atoms with Crippen molar-refractivity contribution < 1.29 is 12.8 Å². The number of fused-ring (bicyclic) bond motifs is 2. The molecule has 2 aromatic carbocycles. The number of hydrogen-bond acceptors (Lipinski definition) is 7. The summed E-state index contributed by atoms with van der Waals surface area (Å²) in [6, 6.07) is 15.7. The first-order valence-corrected chi connectivity index (χ1v) is 12.0.